The van der Waals surface area contributed by atoms with Crippen molar-refractivity contribution in [3.63, 3.8) is 0 Å². The number of aliphatic hydroxyl groups is 1. The second kappa shape index (κ2) is 2.24. The molecule has 2 nitrogen and oxygen atoms in total. The van der Waals surface area contributed by atoms with Crippen LogP contribution in [0.4, 0.5) is 0 Å². The largest absolute Gasteiger partial charge is 0.393 e. The summed E-state index contributed by atoms with van der Waals surface area (Å²) in [5.74, 6) is 0.347. The van der Waals surface area contributed by atoms with Crippen molar-refractivity contribution < 1.29 is 9.84 Å². The summed E-state index contributed by atoms with van der Waals surface area (Å²) in [5.41, 5.74) is -0.178. The van der Waals surface area contributed by atoms with Gasteiger partial charge in [-0.15, -0.1) is 0 Å². The van der Waals surface area contributed by atoms with Crippen molar-refractivity contribution in [2.75, 3.05) is 0 Å². The fraction of sp³-hybridized carbons (Fsp3) is 1.00. The van der Waals surface area contributed by atoms with Crippen molar-refractivity contribution in [2.45, 2.75) is 57.3 Å². The molecule has 0 unspecified atom stereocenters. The molecule has 2 heteroatoms. The highest BCUT2D eigenvalue weighted by molar-refractivity contribution is 5.02. The number of aliphatic hydroxyl groups excluding tert-OH is 1. The summed E-state index contributed by atoms with van der Waals surface area (Å²) in [5, 5.41) is 9.82. The van der Waals surface area contributed by atoms with Crippen LogP contribution in [0.1, 0.15) is 40.0 Å². The van der Waals surface area contributed by atoms with Crippen LogP contribution in [0.2, 0.25) is 0 Å². The molecular formula is C10H18O2. The summed E-state index contributed by atoms with van der Waals surface area (Å²) in [6, 6.07) is 0. The standard InChI is InChI=1S/C10H18O2/c1-9(2)7-4-5-10(3,12-9)6-8(7)11/h7-8,11H,4-6H2,1-3H3/t7-,8-,10-/m1/s1. The number of ether oxygens (including phenoxy) is 1. The fourth-order valence-corrected chi connectivity index (χ4v) is 2.95. The first-order valence-electron chi connectivity index (χ1n) is 4.81. The highest BCUT2D eigenvalue weighted by atomic mass is 16.5. The predicted octanol–water partition coefficient (Wildman–Crippen LogP) is 1.71. The second-order valence-electron chi connectivity index (χ2n) is 5.07. The predicted molar refractivity (Wildman–Crippen MR) is 46.9 cm³/mol. The Hall–Kier alpha value is -0.0800. The number of rotatable bonds is 0. The molecule has 0 spiro atoms. The minimum Gasteiger partial charge on any atom is -0.393 e. The lowest BCUT2D eigenvalue weighted by atomic mass is 9.67. The first-order valence-corrected chi connectivity index (χ1v) is 4.81. The summed E-state index contributed by atoms with van der Waals surface area (Å²) in [6.07, 6.45) is 2.90. The molecule has 0 aromatic heterocycles. The second-order valence-corrected chi connectivity index (χ2v) is 5.07. The Kier molecular flexibility index (Phi) is 1.59. The summed E-state index contributed by atoms with van der Waals surface area (Å²) in [4.78, 5) is 0. The molecule has 0 aromatic rings. The van der Waals surface area contributed by atoms with E-state index in [9.17, 15) is 5.11 Å². The molecule has 3 aliphatic rings. The topological polar surface area (TPSA) is 29.5 Å². The van der Waals surface area contributed by atoms with E-state index >= 15 is 0 Å². The minimum absolute atomic E-state index is 0.0579. The van der Waals surface area contributed by atoms with Crippen molar-refractivity contribution in [2.24, 2.45) is 5.92 Å². The molecule has 3 fully saturated rings. The molecule has 2 aliphatic heterocycles. The van der Waals surface area contributed by atoms with E-state index in [1.807, 2.05) is 0 Å². The summed E-state index contributed by atoms with van der Waals surface area (Å²) in [7, 11) is 0. The molecule has 0 aromatic carbocycles. The van der Waals surface area contributed by atoms with E-state index < -0.39 is 0 Å². The zero-order valence-corrected chi connectivity index (χ0v) is 8.13. The van der Waals surface area contributed by atoms with Gasteiger partial charge in [-0.3, -0.25) is 0 Å². The maximum absolute atomic E-state index is 9.82. The molecule has 70 valence electrons. The fourth-order valence-electron chi connectivity index (χ4n) is 2.95. The molecule has 2 saturated heterocycles. The van der Waals surface area contributed by atoms with E-state index in [2.05, 4.69) is 20.8 Å². The van der Waals surface area contributed by atoms with E-state index in [0.29, 0.717) is 5.92 Å². The summed E-state index contributed by atoms with van der Waals surface area (Å²) >= 11 is 0. The first-order chi connectivity index (χ1) is 5.43. The Bertz CT molecular complexity index is 197. The lowest BCUT2D eigenvalue weighted by Gasteiger charge is -2.56. The normalized spacial score (nSPS) is 51.0. The van der Waals surface area contributed by atoms with Crippen molar-refractivity contribution in [3.8, 4) is 0 Å². The lowest BCUT2D eigenvalue weighted by molar-refractivity contribution is -0.263. The van der Waals surface area contributed by atoms with Crippen LogP contribution in [-0.4, -0.2) is 22.4 Å². The van der Waals surface area contributed by atoms with Gasteiger partial charge >= 0.3 is 0 Å². The van der Waals surface area contributed by atoms with Gasteiger partial charge in [0.1, 0.15) is 0 Å². The van der Waals surface area contributed by atoms with Crippen LogP contribution in [0.5, 0.6) is 0 Å². The third kappa shape index (κ3) is 1.09. The number of hydrogen-bond acceptors (Lipinski definition) is 2. The number of hydrogen-bond donors (Lipinski definition) is 1. The van der Waals surface area contributed by atoms with E-state index in [4.69, 9.17) is 4.74 Å². The van der Waals surface area contributed by atoms with Gasteiger partial charge in [0.25, 0.3) is 0 Å². The highest BCUT2D eigenvalue weighted by Gasteiger charge is 2.52. The molecule has 2 bridgehead atoms. The van der Waals surface area contributed by atoms with Gasteiger partial charge in [0.15, 0.2) is 0 Å². The van der Waals surface area contributed by atoms with Gasteiger partial charge in [0.2, 0.25) is 0 Å². The lowest BCUT2D eigenvalue weighted by Crippen LogP contribution is -2.59. The van der Waals surface area contributed by atoms with E-state index in [1.165, 1.54) is 0 Å². The van der Waals surface area contributed by atoms with Crippen LogP contribution >= 0.6 is 0 Å². The monoisotopic (exact) mass is 170 g/mol. The van der Waals surface area contributed by atoms with E-state index in [0.717, 1.165) is 19.3 Å². The Labute approximate surface area is 73.9 Å². The highest BCUT2D eigenvalue weighted by Crippen LogP contribution is 2.49. The average Bonchev–Trinajstić information content (AvgIpc) is 1.80. The average molecular weight is 170 g/mol. The van der Waals surface area contributed by atoms with Gasteiger partial charge in [-0.05, 0) is 33.6 Å². The van der Waals surface area contributed by atoms with Crippen LogP contribution in [-0.2, 0) is 4.74 Å². The Morgan fingerprint density at radius 2 is 2.00 bits per heavy atom. The van der Waals surface area contributed by atoms with Gasteiger partial charge in [0.05, 0.1) is 17.3 Å². The minimum atomic E-state index is -0.146. The third-order valence-electron chi connectivity index (χ3n) is 3.49. The van der Waals surface area contributed by atoms with Gasteiger partial charge < -0.3 is 9.84 Å². The van der Waals surface area contributed by atoms with Crippen molar-refractivity contribution in [3.05, 3.63) is 0 Å². The van der Waals surface area contributed by atoms with E-state index in [1.54, 1.807) is 0 Å². The molecule has 1 saturated carbocycles. The Morgan fingerprint density at radius 3 is 2.42 bits per heavy atom. The summed E-state index contributed by atoms with van der Waals surface area (Å²) in [6.45, 7) is 6.31. The van der Waals surface area contributed by atoms with Crippen LogP contribution in [0.25, 0.3) is 0 Å². The quantitative estimate of drug-likeness (QED) is 0.599. The molecule has 2 heterocycles. The molecule has 3 atom stereocenters. The van der Waals surface area contributed by atoms with Gasteiger partial charge in [-0.1, -0.05) is 0 Å². The van der Waals surface area contributed by atoms with Crippen LogP contribution in [0.15, 0.2) is 0 Å². The maximum atomic E-state index is 9.82. The zero-order valence-electron chi connectivity index (χ0n) is 8.13. The van der Waals surface area contributed by atoms with Crippen LogP contribution in [0, 0.1) is 5.92 Å². The van der Waals surface area contributed by atoms with Gasteiger partial charge in [-0.2, -0.15) is 0 Å². The maximum Gasteiger partial charge on any atom is 0.0686 e. The Balaban J connectivity index is 2.28. The molecule has 1 aliphatic carbocycles. The first kappa shape index (κ1) is 8.52. The molecule has 0 radical (unpaired) electrons. The zero-order chi connectivity index (χ0) is 8.98. The van der Waals surface area contributed by atoms with E-state index in [-0.39, 0.29) is 17.3 Å². The Morgan fingerprint density at radius 1 is 1.33 bits per heavy atom. The molecule has 1 N–H and O–H groups in total. The summed E-state index contributed by atoms with van der Waals surface area (Å²) < 4.78 is 5.97. The SMILES string of the molecule is CC1(C)O[C@]2(C)CC[C@@H]1[C@H](O)C2. The third-order valence-corrected chi connectivity index (χ3v) is 3.49. The molecule has 3 rings (SSSR count). The van der Waals surface area contributed by atoms with Crippen LogP contribution < -0.4 is 0 Å². The molecule has 12 heavy (non-hydrogen) atoms. The molecule has 0 amide bonds. The van der Waals surface area contributed by atoms with Crippen molar-refractivity contribution in [1.29, 1.82) is 0 Å². The van der Waals surface area contributed by atoms with Gasteiger partial charge in [0, 0.05) is 12.3 Å². The van der Waals surface area contributed by atoms with Crippen molar-refractivity contribution >= 4 is 0 Å². The number of fused-ring (bicyclic) bond motifs is 3. The van der Waals surface area contributed by atoms with Crippen molar-refractivity contribution in [1.82, 2.24) is 0 Å². The van der Waals surface area contributed by atoms with Crippen LogP contribution in [0.3, 0.4) is 0 Å². The molecular weight excluding hydrogens is 152 g/mol. The van der Waals surface area contributed by atoms with Gasteiger partial charge in [-0.25, -0.2) is 0 Å². The smallest absolute Gasteiger partial charge is 0.0686 e.